The summed E-state index contributed by atoms with van der Waals surface area (Å²) in [5.74, 6) is 0.680. The molecule has 0 atom stereocenters. The van der Waals surface area contributed by atoms with E-state index < -0.39 is 0 Å². The third-order valence-corrected chi connectivity index (χ3v) is 6.27. The van der Waals surface area contributed by atoms with E-state index in [9.17, 15) is 4.79 Å². The van der Waals surface area contributed by atoms with E-state index in [-0.39, 0.29) is 5.91 Å². The monoisotopic (exact) mass is 442 g/mol. The number of carbonyl (C=O) groups is 1. The zero-order chi connectivity index (χ0) is 22.1. The second-order valence-corrected chi connectivity index (χ2v) is 8.32. The van der Waals surface area contributed by atoms with E-state index in [1.807, 2.05) is 77.3 Å². The van der Waals surface area contributed by atoms with Crippen LogP contribution < -0.4 is 0 Å². The van der Waals surface area contributed by atoms with Gasteiger partial charge in [-0.15, -0.1) is 0 Å². The van der Waals surface area contributed by atoms with Gasteiger partial charge >= 0.3 is 0 Å². The second kappa shape index (κ2) is 8.52. The van der Waals surface area contributed by atoms with Crippen LogP contribution in [0, 0.1) is 6.92 Å². The Morgan fingerprint density at radius 2 is 1.81 bits per heavy atom. The number of halogens is 1. The van der Waals surface area contributed by atoms with Crippen molar-refractivity contribution in [2.75, 3.05) is 13.1 Å². The largest absolute Gasteiger partial charge is 0.334 e. The number of hydrogen-bond acceptors (Lipinski definition) is 2. The Bertz CT molecular complexity index is 1290. The number of amides is 1. The zero-order valence-corrected chi connectivity index (χ0v) is 18.5. The molecule has 2 aromatic carbocycles. The summed E-state index contributed by atoms with van der Waals surface area (Å²) >= 11 is 6.37. The fourth-order valence-electron chi connectivity index (χ4n) is 4.06. The van der Waals surface area contributed by atoms with Crippen molar-refractivity contribution in [3.63, 3.8) is 0 Å². The number of aryl methyl sites for hydroxylation is 1. The molecule has 1 aliphatic rings. The van der Waals surface area contributed by atoms with E-state index >= 15 is 0 Å². The first kappa shape index (κ1) is 20.3. The maximum atomic E-state index is 13.5. The van der Waals surface area contributed by atoms with E-state index in [0.29, 0.717) is 29.5 Å². The molecule has 0 aliphatic carbocycles. The molecular weight excluding hydrogens is 420 g/mol. The summed E-state index contributed by atoms with van der Waals surface area (Å²) < 4.78 is 3.69. The molecule has 1 amide bonds. The third kappa shape index (κ3) is 3.76. The normalized spacial score (nSPS) is 13.8. The molecule has 2 aromatic heterocycles. The lowest BCUT2D eigenvalue weighted by atomic mass is 9.99. The summed E-state index contributed by atoms with van der Waals surface area (Å²) in [6, 6.07) is 20.0. The summed E-state index contributed by atoms with van der Waals surface area (Å²) in [5, 5.41) is 5.23. The van der Waals surface area contributed by atoms with Gasteiger partial charge in [0.25, 0.3) is 5.91 Å². The molecule has 4 aromatic rings. The minimum atomic E-state index is -0.0264. The number of aromatic nitrogens is 3. The van der Waals surface area contributed by atoms with Gasteiger partial charge in [0.1, 0.15) is 5.56 Å². The van der Waals surface area contributed by atoms with Crippen LogP contribution in [0.3, 0.4) is 0 Å². The van der Waals surface area contributed by atoms with E-state index in [1.54, 1.807) is 10.9 Å². The van der Waals surface area contributed by atoms with Crippen LogP contribution in [0.15, 0.2) is 85.3 Å². The van der Waals surface area contributed by atoms with Gasteiger partial charge in [-0.1, -0.05) is 54.1 Å². The molecule has 3 heterocycles. The van der Waals surface area contributed by atoms with Crippen LogP contribution in [0.2, 0.25) is 5.02 Å². The molecule has 0 radical (unpaired) electrons. The number of carbonyl (C=O) groups excluding carboxylic acids is 1. The molecule has 0 fully saturated rings. The van der Waals surface area contributed by atoms with Crippen LogP contribution in [0.5, 0.6) is 0 Å². The standard InChI is InChI=1S/C26H23ClN4O/c1-19-9-10-22(17-24(19)27)31-25(29-13-5-6-14-29)23(18-28-31)26(32)30-15-11-21(12-16-30)20-7-3-2-4-8-20/h2-11,13-14,17-18H,12,15-16H2,1H3. The lowest BCUT2D eigenvalue weighted by Gasteiger charge is -2.27. The highest BCUT2D eigenvalue weighted by molar-refractivity contribution is 6.31. The topological polar surface area (TPSA) is 43.1 Å². The van der Waals surface area contributed by atoms with Crippen molar-refractivity contribution in [1.29, 1.82) is 0 Å². The molecule has 0 saturated carbocycles. The molecule has 6 heteroatoms. The SMILES string of the molecule is Cc1ccc(-n2ncc(C(=O)N3CC=C(c4ccccc4)CC3)c2-n2cccc2)cc1Cl. The van der Waals surface area contributed by atoms with Crippen molar-refractivity contribution in [2.24, 2.45) is 0 Å². The average molecular weight is 443 g/mol. The van der Waals surface area contributed by atoms with Crippen molar-refractivity contribution >= 4 is 23.1 Å². The van der Waals surface area contributed by atoms with Crippen molar-refractivity contribution in [2.45, 2.75) is 13.3 Å². The Balaban J connectivity index is 1.49. The highest BCUT2D eigenvalue weighted by atomic mass is 35.5. The highest BCUT2D eigenvalue weighted by Gasteiger charge is 2.26. The van der Waals surface area contributed by atoms with Gasteiger partial charge in [0, 0.05) is 30.5 Å². The number of nitrogens with zero attached hydrogens (tertiary/aromatic N) is 4. The molecule has 5 nitrogen and oxygen atoms in total. The second-order valence-electron chi connectivity index (χ2n) is 7.91. The quantitative estimate of drug-likeness (QED) is 0.415. The van der Waals surface area contributed by atoms with E-state index in [1.165, 1.54) is 11.1 Å². The average Bonchev–Trinajstić information content (AvgIpc) is 3.51. The van der Waals surface area contributed by atoms with Gasteiger partial charge in [-0.3, -0.25) is 4.79 Å². The van der Waals surface area contributed by atoms with E-state index in [2.05, 4.69) is 23.3 Å². The fraction of sp³-hybridized carbons (Fsp3) is 0.154. The molecule has 160 valence electrons. The van der Waals surface area contributed by atoms with Crippen LogP contribution in [-0.2, 0) is 0 Å². The maximum Gasteiger partial charge on any atom is 0.259 e. The molecule has 0 unspecified atom stereocenters. The molecule has 0 saturated heterocycles. The molecule has 0 bridgehead atoms. The summed E-state index contributed by atoms with van der Waals surface area (Å²) in [5.41, 5.74) is 4.88. The Morgan fingerprint density at radius 1 is 1.03 bits per heavy atom. The summed E-state index contributed by atoms with van der Waals surface area (Å²) in [4.78, 5) is 15.4. The van der Waals surface area contributed by atoms with E-state index in [0.717, 1.165) is 17.7 Å². The van der Waals surface area contributed by atoms with Crippen molar-refractivity contribution < 1.29 is 4.79 Å². The fourth-order valence-corrected chi connectivity index (χ4v) is 4.23. The summed E-state index contributed by atoms with van der Waals surface area (Å²) in [6.45, 7) is 3.21. The van der Waals surface area contributed by atoms with Gasteiger partial charge in [0.05, 0.1) is 11.9 Å². The number of hydrogen-bond donors (Lipinski definition) is 0. The summed E-state index contributed by atoms with van der Waals surface area (Å²) in [7, 11) is 0. The lowest BCUT2D eigenvalue weighted by molar-refractivity contribution is 0.0773. The predicted molar refractivity (Wildman–Crippen MR) is 128 cm³/mol. The first-order valence-electron chi connectivity index (χ1n) is 10.6. The highest BCUT2D eigenvalue weighted by Crippen LogP contribution is 2.27. The molecule has 0 spiro atoms. The minimum Gasteiger partial charge on any atom is -0.334 e. The zero-order valence-electron chi connectivity index (χ0n) is 17.8. The Hall–Kier alpha value is -3.57. The first-order chi connectivity index (χ1) is 15.6. The summed E-state index contributed by atoms with van der Waals surface area (Å²) in [6.07, 6.45) is 8.47. The van der Waals surface area contributed by atoms with Gasteiger partial charge in [-0.25, -0.2) is 4.68 Å². The van der Waals surface area contributed by atoms with Crippen molar-refractivity contribution in [3.05, 3.63) is 107 Å². The van der Waals surface area contributed by atoms with Crippen LogP contribution in [0.25, 0.3) is 17.1 Å². The third-order valence-electron chi connectivity index (χ3n) is 5.86. The smallest absolute Gasteiger partial charge is 0.259 e. The molecule has 32 heavy (non-hydrogen) atoms. The van der Waals surface area contributed by atoms with Crippen LogP contribution >= 0.6 is 11.6 Å². The molecule has 0 N–H and O–H groups in total. The van der Waals surface area contributed by atoms with Crippen LogP contribution in [0.4, 0.5) is 0 Å². The Labute approximate surface area is 192 Å². The van der Waals surface area contributed by atoms with Gasteiger partial charge in [-0.2, -0.15) is 5.10 Å². The number of rotatable bonds is 4. The minimum absolute atomic E-state index is 0.0264. The van der Waals surface area contributed by atoms with Gasteiger partial charge in [0.15, 0.2) is 5.82 Å². The Morgan fingerprint density at radius 3 is 2.50 bits per heavy atom. The molecule has 1 aliphatic heterocycles. The van der Waals surface area contributed by atoms with Gasteiger partial charge in [0.2, 0.25) is 0 Å². The maximum absolute atomic E-state index is 13.5. The van der Waals surface area contributed by atoms with Gasteiger partial charge < -0.3 is 9.47 Å². The Kier molecular flexibility index (Phi) is 5.41. The predicted octanol–water partition coefficient (Wildman–Crippen LogP) is 5.55. The lowest BCUT2D eigenvalue weighted by Crippen LogP contribution is -2.35. The van der Waals surface area contributed by atoms with Gasteiger partial charge in [-0.05, 0) is 54.3 Å². The first-order valence-corrected chi connectivity index (χ1v) is 11.0. The molecular formula is C26H23ClN4O. The van der Waals surface area contributed by atoms with E-state index in [4.69, 9.17) is 11.6 Å². The molecule has 5 rings (SSSR count). The van der Waals surface area contributed by atoms with Crippen LogP contribution in [-0.4, -0.2) is 38.2 Å². The van der Waals surface area contributed by atoms with Crippen molar-refractivity contribution in [1.82, 2.24) is 19.2 Å². The van der Waals surface area contributed by atoms with Crippen molar-refractivity contribution in [3.8, 4) is 11.5 Å². The number of benzene rings is 2. The van der Waals surface area contributed by atoms with Crippen LogP contribution in [0.1, 0.15) is 27.9 Å².